The molecule has 4 rings (SSSR count). The van der Waals surface area contributed by atoms with Gasteiger partial charge in [0.1, 0.15) is 0 Å². The van der Waals surface area contributed by atoms with E-state index in [1.54, 1.807) is 23.8 Å². The van der Waals surface area contributed by atoms with E-state index in [0.29, 0.717) is 42.4 Å². The Morgan fingerprint density at radius 3 is 2.81 bits per heavy atom. The molecule has 0 bridgehead atoms. The van der Waals surface area contributed by atoms with E-state index in [4.69, 9.17) is 5.73 Å². The van der Waals surface area contributed by atoms with Crippen LogP contribution in [0.4, 0.5) is 5.82 Å². The number of sulfonamides is 1. The summed E-state index contributed by atoms with van der Waals surface area (Å²) in [6.07, 6.45) is 5.84. The molecule has 0 fully saturated rings. The third-order valence-corrected chi connectivity index (χ3v) is 6.36. The van der Waals surface area contributed by atoms with Crippen molar-refractivity contribution in [1.29, 1.82) is 0 Å². The predicted molar refractivity (Wildman–Crippen MR) is 102 cm³/mol. The Labute approximate surface area is 156 Å². The van der Waals surface area contributed by atoms with Gasteiger partial charge in [0.05, 0.1) is 17.6 Å². The van der Waals surface area contributed by atoms with Crippen molar-refractivity contribution in [3.8, 4) is 11.5 Å². The maximum Gasteiger partial charge on any atom is 0.214 e. The van der Waals surface area contributed by atoms with Crippen LogP contribution in [0.2, 0.25) is 0 Å². The summed E-state index contributed by atoms with van der Waals surface area (Å²) in [5.41, 5.74) is 8.71. The summed E-state index contributed by atoms with van der Waals surface area (Å²) in [5, 5.41) is 4.40. The molecule has 0 radical (unpaired) electrons. The molecule has 1 aliphatic heterocycles. The van der Waals surface area contributed by atoms with Crippen LogP contribution in [-0.4, -0.2) is 56.1 Å². The highest BCUT2D eigenvalue weighted by Gasteiger charge is 2.24. The molecule has 9 nitrogen and oxygen atoms in total. The first-order chi connectivity index (χ1) is 13.0. The number of nitrogens with zero attached hydrogens (tertiary/aromatic N) is 6. The van der Waals surface area contributed by atoms with Crippen LogP contribution in [-0.2, 0) is 10.0 Å². The zero-order chi connectivity index (χ0) is 19.0. The van der Waals surface area contributed by atoms with Crippen molar-refractivity contribution in [2.24, 2.45) is 0 Å². The Hall–Kier alpha value is -2.85. The van der Waals surface area contributed by atoms with E-state index in [1.807, 2.05) is 24.3 Å². The lowest BCUT2D eigenvalue weighted by atomic mass is 10.1. The van der Waals surface area contributed by atoms with Gasteiger partial charge in [-0.3, -0.25) is 0 Å². The van der Waals surface area contributed by atoms with Crippen molar-refractivity contribution >= 4 is 27.1 Å². The summed E-state index contributed by atoms with van der Waals surface area (Å²) in [4.78, 5) is 13.3. The van der Waals surface area contributed by atoms with Crippen LogP contribution in [0.15, 0.2) is 36.7 Å². The lowest BCUT2D eigenvalue weighted by molar-refractivity contribution is 0.442. The summed E-state index contributed by atoms with van der Waals surface area (Å²) in [5.74, 6) is 0.752. The number of hydrogen-bond acceptors (Lipinski definition) is 7. The van der Waals surface area contributed by atoms with E-state index in [0.717, 1.165) is 5.57 Å². The third kappa shape index (κ3) is 3.28. The predicted octanol–water partition coefficient (Wildman–Crippen LogP) is 1.21. The minimum atomic E-state index is -3.19. The summed E-state index contributed by atoms with van der Waals surface area (Å²) < 4.78 is 27.1. The Bertz CT molecular complexity index is 1100. The van der Waals surface area contributed by atoms with E-state index < -0.39 is 10.0 Å². The first-order valence-electron chi connectivity index (χ1n) is 8.59. The van der Waals surface area contributed by atoms with Crippen LogP contribution in [0.3, 0.4) is 0 Å². The normalized spacial score (nSPS) is 15.8. The molecule has 10 heteroatoms. The monoisotopic (exact) mass is 385 g/mol. The Balaban J connectivity index is 1.67. The molecule has 4 heterocycles. The largest absolute Gasteiger partial charge is 0.382 e. The maximum absolute atomic E-state index is 12.0. The standard InChI is InChI=1S/C17H19N7O2S/c1-2-27(25,26)23-9-6-12(7-10-23)13-11-19-16(18)15(20-13)17-21-14-5-3-4-8-24(14)22-17/h3-6,8,11H,2,7,9-10H2,1H3,(H2,18,19). The number of rotatable bonds is 4. The second-order valence-corrected chi connectivity index (χ2v) is 8.42. The molecule has 0 aliphatic carbocycles. The first kappa shape index (κ1) is 17.6. The fourth-order valence-corrected chi connectivity index (χ4v) is 4.00. The van der Waals surface area contributed by atoms with E-state index in [1.165, 1.54) is 4.31 Å². The molecule has 3 aromatic rings. The summed E-state index contributed by atoms with van der Waals surface area (Å²) in [7, 11) is -3.19. The van der Waals surface area contributed by atoms with Gasteiger partial charge in [0.2, 0.25) is 15.8 Å². The van der Waals surface area contributed by atoms with Gasteiger partial charge >= 0.3 is 0 Å². The van der Waals surface area contributed by atoms with Crippen LogP contribution >= 0.6 is 0 Å². The average Bonchev–Trinajstić information content (AvgIpc) is 3.12. The molecule has 0 unspecified atom stereocenters. The van der Waals surface area contributed by atoms with Gasteiger partial charge in [0.15, 0.2) is 17.2 Å². The molecule has 0 aromatic carbocycles. The van der Waals surface area contributed by atoms with Gasteiger partial charge in [-0.1, -0.05) is 12.1 Å². The highest BCUT2D eigenvalue weighted by atomic mass is 32.2. The number of pyridine rings is 1. The van der Waals surface area contributed by atoms with Crippen LogP contribution < -0.4 is 5.73 Å². The molecule has 0 saturated carbocycles. The van der Waals surface area contributed by atoms with Crippen molar-refractivity contribution in [3.05, 3.63) is 42.4 Å². The van der Waals surface area contributed by atoms with Gasteiger partial charge in [0.25, 0.3) is 0 Å². The van der Waals surface area contributed by atoms with Crippen LogP contribution in [0, 0.1) is 0 Å². The second-order valence-electron chi connectivity index (χ2n) is 6.17. The SMILES string of the molecule is CCS(=O)(=O)N1CC=C(c2cnc(N)c(-c3nc4ccccn4n3)n2)CC1. The number of nitrogens with two attached hydrogens (primary N) is 1. The number of nitrogen functional groups attached to an aromatic ring is 1. The summed E-state index contributed by atoms with van der Waals surface area (Å²) >= 11 is 0. The number of fused-ring (bicyclic) bond motifs is 1. The molecule has 0 spiro atoms. The highest BCUT2D eigenvalue weighted by molar-refractivity contribution is 7.89. The van der Waals surface area contributed by atoms with Crippen molar-refractivity contribution < 1.29 is 8.42 Å². The van der Waals surface area contributed by atoms with E-state index in [-0.39, 0.29) is 11.6 Å². The minimum Gasteiger partial charge on any atom is -0.382 e. The fourth-order valence-electron chi connectivity index (χ4n) is 2.97. The van der Waals surface area contributed by atoms with Crippen molar-refractivity contribution in [2.75, 3.05) is 24.6 Å². The number of anilines is 1. The topological polar surface area (TPSA) is 119 Å². The average molecular weight is 385 g/mol. The Morgan fingerprint density at radius 2 is 2.11 bits per heavy atom. The smallest absolute Gasteiger partial charge is 0.214 e. The quantitative estimate of drug-likeness (QED) is 0.717. The van der Waals surface area contributed by atoms with Crippen LogP contribution in [0.1, 0.15) is 19.0 Å². The summed E-state index contributed by atoms with van der Waals surface area (Å²) in [6.45, 7) is 2.41. The molecule has 0 saturated heterocycles. The summed E-state index contributed by atoms with van der Waals surface area (Å²) in [6, 6.07) is 5.58. The molecule has 1 aliphatic rings. The van der Waals surface area contributed by atoms with Crippen LogP contribution in [0.5, 0.6) is 0 Å². The molecule has 140 valence electrons. The van der Waals surface area contributed by atoms with E-state index in [2.05, 4.69) is 20.1 Å². The van der Waals surface area contributed by atoms with Crippen molar-refractivity contribution in [2.45, 2.75) is 13.3 Å². The van der Waals surface area contributed by atoms with Gasteiger partial charge < -0.3 is 5.73 Å². The first-order valence-corrected chi connectivity index (χ1v) is 10.2. The maximum atomic E-state index is 12.0. The van der Waals surface area contributed by atoms with Crippen molar-refractivity contribution in [3.63, 3.8) is 0 Å². The third-order valence-electron chi connectivity index (χ3n) is 4.51. The Morgan fingerprint density at radius 1 is 1.26 bits per heavy atom. The van der Waals surface area contributed by atoms with Gasteiger partial charge in [0, 0.05) is 19.3 Å². The van der Waals surface area contributed by atoms with Gasteiger partial charge in [-0.15, -0.1) is 5.10 Å². The van der Waals surface area contributed by atoms with Gasteiger partial charge in [-0.25, -0.2) is 27.9 Å². The number of aromatic nitrogens is 5. The molecule has 2 N–H and O–H groups in total. The molecule has 0 amide bonds. The second kappa shape index (κ2) is 6.71. The molecular weight excluding hydrogens is 366 g/mol. The van der Waals surface area contributed by atoms with Crippen LogP contribution in [0.25, 0.3) is 22.7 Å². The fraction of sp³-hybridized carbons (Fsp3) is 0.294. The molecular formula is C17H19N7O2S. The van der Waals surface area contributed by atoms with Gasteiger partial charge in [-0.05, 0) is 31.1 Å². The lowest BCUT2D eigenvalue weighted by Gasteiger charge is -2.25. The molecule has 0 atom stereocenters. The highest BCUT2D eigenvalue weighted by Crippen LogP contribution is 2.26. The van der Waals surface area contributed by atoms with Crippen molar-refractivity contribution in [1.82, 2.24) is 28.9 Å². The van der Waals surface area contributed by atoms with E-state index >= 15 is 0 Å². The zero-order valence-electron chi connectivity index (χ0n) is 14.8. The molecule has 27 heavy (non-hydrogen) atoms. The van der Waals surface area contributed by atoms with E-state index in [9.17, 15) is 8.42 Å². The molecule has 3 aromatic heterocycles. The number of hydrogen-bond donors (Lipinski definition) is 1. The minimum absolute atomic E-state index is 0.0988. The van der Waals surface area contributed by atoms with Gasteiger partial charge in [-0.2, -0.15) is 4.31 Å². The zero-order valence-corrected chi connectivity index (χ0v) is 15.6. The lowest BCUT2D eigenvalue weighted by Crippen LogP contribution is -2.35. The Kier molecular flexibility index (Phi) is 4.36.